The number of halogens is 1. The van der Waals surface area contributed by atoms with Crippen LogP contribution in [-0.2, 0) is 9.47 Å². The number of para-hydroxylation sites is 1. The average Bonchev–Trinajstić information content (AvgIpc) is 2.46. The summed E-state index contributed by atoms with van der Waals surface area (Å²) >= 11 is 0. The highest BCUT2D eigenvalue weighted by molar-refractivity contribution is 5.90. The number of fused-ring (bicyclic) bond motifs is 1. The van der Waals surface area contributed by atoms with Crippen molar-refractivity contribution in [3.05, 3.63) is 36.3 Å². The zero-order valence-corrected chi connectivity index (χ0v) is 11.6. The Kier molecular flexibility index (Phi) is 5.70. The zero-order valence-electron chi connectivity index (χ0n) is 11.6. The number of benzene rings is 1. The predicted molar refractivity (Wildman–Crippen MR) is 77.5 cm³/mol. The molecule has 0 unspecified atom stereocenters. The van der Waals surface area contributed by atoms with E-state index in [4.69, 9.17) is 9.47 Å². The van der Waals surface area contributed by atoms with Gasteiger partial charge in [0.1, 0.15) is 5.82 Å². The lowest BCUT2D eigenvalue weighted by Gasteiger charge is -2.09. The number of nitrogens with one attached hydrogen (secondary N) is 1. The second kappa shape index (κ2) is 7.77. The summed E-state index contributed by atoms with van der Waals surface area (Å²) in [5, 5.41) is 4.03. The molecule has 20 heavy (non-hydrogen) atoms. The van der Waals surface area contributed by atoms with E-state index in [1.165, 1.54) is 12.3 Å². The van der Waals surface area contributed by atoms with Crippen molar-refractivity contribution in [1.82, 2.24) is 4.98 Å². The van der Waals surface area contributed by atoms with Gasteiger partial charge in [-0.25, -0.2) is 4.39 Å². The lowest BCUT2D eigenvalue weighted by Crippen LogP contribution is -2.12. The van der Waals surface area contributed by atoms with E-state index >= 15 is 0 Å². The van der Waals surface area contributed by atoms with Crippen LogP contribution in [0.5, 0.6) is 0 Å². The van der Waals surface area contributed by atoms with E-state index in [0.717, 1.165) is 16.6 Å². The first-order chi connectivity index (χ1) is 9.81. The van der Waals surface area contributed by atoms with Gasteiger partial charge in [-0.1, -0.05) is 12.1 Å². The molecule has 2 rings (SSSR count). The summed E-state index contributed by atoms with van der Waals surface area (Å²) in [5.41, 5.74) is 1.65. The maximum absolute atomic E-state index is 13.1. The Morgan fingerprint density at radius 2 is 2.05 bits per heavy atom. The first-order valence-corrected chi connectivity index (χ1v) is 6.75. The molecule has 0 atom stereocenters. The molecule has 2 aromatic rings. The van der Waals surface area contributed by atoms with Crippen LogP contribution in [0, 0.1) is 5.82 Å². The van der Waals surface area contributed by atoms with Gasteiger partial charge in [0.15, 0.2) is 0 Å². The predicted octanol–water partition coefficient (Wildman–Crippen LogP) is 2.84. The van der Waals surface area contributed by atoms with Crippen molar-refractivity contribution in [2.45, 2.75) is 6.92 Å². The SMILES string of the molecule is CCOCCOCCNc1cccc2cc(F)cnc12. The van der Waals surface area contributed by atoms with E-state index in [9.17, 15) is 4.39 Å². The number of rotatable bonds is 8. The van der Waals surface area contributed by atoms with Gasteiger partial charge in [-0.3, -0.25) is 4.98 Å². The second-order valence-corrected chi connectivity index (χ2v) is 4.27. The molecule has 0 aliphatic rings. The molecular weight excluding hydrogens is 259 g/mol. The van der Waals surface area contributed by atoms with Gasteiger partial charge in [-0.2, -0.15) is 0 Å². The van der Waals surface area contributed by atoms with Crippen LogP contribution in [0.25, 0.3) is 10.9 Å². The number of aromatic nitrogens is 1. The first kappa shape index (κ1) is 14.7. The molecule has 1 N–H and O–H groups in total. The van der Waals surface area contributed by atoms with Crippen LogP contribution in [0.4, 0.5) is 10.1 Å². The quantitative estimate of drug-likeness (QED) is 0.754. The fourth-order valence-electron chi connectivity index (χ4n) is 1.90. The molecular formula is C15H19FN2O2. The maximum Gasteiger partial charge on any atom is 0.142 e. The minimum atomic E-state index is -0.325. The summed E-state index contributed by atoms with van der Waals surface area (Å²) in [4.78, 5) is 4.12. The van der Waals surface area contributed by atoms with Crippen molar-refractivity contribution in [3.63, 3.8) is 0 Å². The highest BCUT2D eigenvalue weighted by atomic mass is 19.1. The lowest BCUT2D eigenvalue weighted by atomic mass is 10.2. The summed E-state index contributed by atoms with van der Waals surface area (Å²) in [5.74, 6) is -0.325. The van der Waals surface area contributed by atoms with Gasteiger partial charge in [0.05, 0.1) is 37.2 Å². The molecule has 0 saturated heterocycles. The van der Waals surface area contributed by atoms with Gasteiger partial charge in [-0.15, -0.1) is 0 Å². The third-order valence-corrected chi connectivity index (χ3v) is 2.82. The van der Waals surface area contributed by atoms with E-state index in [1.807, 2.05) is 25.1 Å². The van der Waals surface area contributed by atoms with Crippen LogP contribution in [0.15, 0.2) is 30.5 Å². The molecule has 0 fully saturated rings. The maximum atomic E-state index is 13.1. The van der Waals surface area contributed by atoms with Gasteiger partial charge in [0.25, 0.3) is 0 Å². The molecule has 1 aromatic heterocycles. The van der Waals surface area contributed by atoms with Gasteiger partial charge >= 0.3 is 0 Å². The van der Waals surface area contributed by atoms with Crippen LogP contribution < -0.4 is 5.32 Å². The number of hydrogen-bond donors (Lipinski definition) is 1. The van der Waals surface area contributed by atoms with Crippen molar-refractivity contribution in [3.8, 4) is 0 Å². The second-order valence-electron chi connectivity index (χ2n) is 4.27. The van der Waals surface area contributed by atoms with Gasteiger partial charge in [0.2, 0.25) is 0 Å². The normalized spacial score (nSPS) is 10.9. The summed E-state index contributed by atoms with van der Waals surface area (Å²) in [6.45, 7) is 5.13. The summed E-state index contributed by atoms with van der Waals surface area (Å²) < 4.78 is 23.7. The van der Waals surface area contributed by atoms with E-state index in [0.29, 0.717) is 33.0 Å². The van der Waals surface area contributed by atoms with Gasteiger partial charge in [-0.05, 0) is 19.1 Å². The van der Waals surface area contributed by atoms with E-state index in [2.05, 4.69) is 10.3 Å². The average molecular weight is 278 g/mol. The Morgan fingerprint density at radius 1 is 1.20 bits per heavy atom. The Bertz CT molecular complexity index is 548. The first-order valence-electron chi connectivity index (χ1n) is 6.75. The lowest BCUT2D eigenvalue weighted by molar-refractivity contribution is 0.0570. The Hall–Kier alpha value is -1.72. The largest absolute Gasteiger partial charge is 0.381 e. The Balaban J connectivity index is 1.84. The molecule has 0 saturated carbocycles. The molecule has 0 aliphatic heterocycles. The number of ether oxygens (including phenoxy) is 2. The minimum Gasteiger partial charge on any atom is -0.381 e. The fraction of sp³-hybridized carbons (Fsp3) is 0.400. The highest BCUT2D eigenvalue weighted by Crippen LogP contribution is 2.21. The molecule has 1 heterocycles. The molecule has 0 spiro atoms. The van der Waals surface area contributed by atoms with Crippen LogP contribution >= 0.6 is 0 Å². The number of hydrogen-bond acceptors (Lipinski definition) is 4. The number of pyridine rings is 1. The molecule has 0 radical (unpaired) electrons. The molecule has 0 amide bonds. The van der Waals surface area contributed by atoms with Crippen LogP contribution in [-0.4, -0.2) is 38.0 Å². The fourth-order valence-corrected chi connectivity index (χ4v) is 1.90. The monoisotopic (exact) mass is 278 g/mol. The molecule has 0 aliphatic carbocycles. The van der Waals surface area contributed by atoms with Crippen molar-refractivity contribution < 1.29 is 13.9 Å². The summed E-state index contributed by atoms with van der Waals surface area (Å²) in [6, 6.07) is 7.12. The summed E-state index contributed by atoms with van der Waals surface area (Å²) in [6.07, 6.45) is 1.23. The van der Waals surface area contributed by atoms with Gasteiger partial charge in [0, 0.05) is 18.5 Å². The van der Waals surface area contributed by atoms with E-state index < -0.39 is 0 Å². The molecule has 108 valence electrons. The number of nitrogens with zero attached hydrogens (tertiary/aromatic N) is 1. The standard InChI is InChI=1S/C15H19FN2O2/c1-2-19-8-9-20-7-6-17-14-5-3-4-12-10-13(16)11-18-15(12)14/h3-5,10-11,17H,2,6-9H2,1H3. The van der Waals surface area contributed by atoms with E-state index in [-0.39, 0.29) is 5.82 Å². The van der Waals surface area contributed by atoms with Crippen molar-refractivity contribution in [2.24, 2.45) is 0 Å². The van der Waals surface area contributed by atoms with Gasteiger partial charge < -0.3 is 14.8 Å². The Labute approximate surface area is 117 Å². The van der Waals surface area contributed by atoms with Crippen molar-refractivity contribution in [2.75, 3.05) is 38.3 Å². The minimum absolute atomic E-state index is 0.325. The van der Waals surface area contributed by atoms with Crippen molar-refractivity contribution in [1.29, 1.82) is 0 Å². The summed E-state index contributed by atoms with van der Waals surface area (Å²) in [7, 11) is 0. The van der Waals surface area contributed by atoms with E-state index in [1.54, 1.807) is 0 Å². The van der Waals surface area contributed by atoms with Crippen LogP contribution in [0.2, 0.25) is 0 Å². The topological polar surface area (TPSA) is 43.4 Å². The molecule has 4 nitrogen and oxygen atoms in total. The smallest absolute Gasteiger partial charge is 0.142 e. The number of anilines is 1. The third kappa shape index (κ3) is 4.15. The molecule has 1 aromatic carbocycles. The highest BCUT2D eigenvalue weighted by Gasteiger charge is 2.02. The molecule has 0 bridgehead atoms. The zero-order chi connectivity index (χ0) is 14.2. The van der Waals surface area contributed by atoms with Crippen LogP contribution in [0.1, 0.15) is 6.92 Å². The third-order valence-electron chi connectivity index (χ3n) is 2.82. The Morgan fingerprint density at radius 3 is 2.90 bits per heavy atom. The van der Waals surface area contributed by atoms with Crippen molar-refractivity contribution >= 4 is 16.6 Å². The van der Waals surface area contributed by atoms with Crippen LogP contribution in [0.3, 0.4) is 0 Å². The molecule has 5 heteroatoms.